The highest BCUT2D eigenvalue weighted by Crippen LogP contribution is 2.29. The number of alkyl halides is 3. The number of nitrogens with zero attached hydrogens (tertiary/aromatic N) is 6. The molecule has 1 heterocycles. The Morgan fingerprint density at radius 3 is 2.39 bits per heavy atom. The summed E-state index contributed by atoms with van der Waals surface area (Å²) >= 11 is 0. The molecule has 0 saturated heterocycles. The van der Waals surface area contributed by atoms with Crippen LogP contribution in [0.15, 0.2) is 36.4 Å². The maximum Gasteiger partial charge on any atom is 0.573 e. The highest BCUT2D eigenvalue weighted by Gasteiger charge is 2.31. The van der Waals surface area contributed by atoms with Crippen molar-refractivity contribution in [1.82, 2.24) is 20.2 Å². The van der Waals surface area contributed by atoms with Crippen molar-refractivity contribution >= 4 is 11.6 Å². The van der Waals surface area contributed by atoms with Crippen molar-refractivity contribution in [2.24, 2.45) is 0 Å². The molecule has 0 amide bonds. The molecule has 0 fully saturated rings. The average Bonchev–Trinajstić information content (AvgIpc) is 3.11. The second-order valence-corrected chi connectivity index (χ2v) is 5.39. The lowest BCUT2D eigenvalue weighted by Crippen LogP contribution is -2.18. The fraction of sp³-hybridized carbons (Fsp3) is 0.125. The Labute approximate surface area is 154 Å². The molecule has 0 N–H and O–H groups in total. The molecule has 144 valence electrons. The third-order valence-corrected chi connectivity index (χ3v) is 3.59. The van der Waals surface area contributed by atoms with Gasteiger partial charge in [0.25, 0.3) is 5.95 Å². The van der Waals surface area contributed by atoms with E-state index in [0.717, 1.165) is 33.8 Å². The van der Waals surface area contributed by atoms with Crippen LogP contribution in [0.25, 0.3) is 5.69 Å². The van der Waals surface area contributed by atoms with Crippen molar-refractivity contribution < 1.29 is 26.7 Å². The zero-order valence-electron chi connectivity index (χ0n) is 13.9. The molecule has 3 rings (SSSR count). The summed E-state index contributed by atoms with van der Waals surface area (Å²) < 4.78 is 69.7. The van der Waals surface area contributed by atoms with Gasteiger partial charge in [-0.1, -0.05) is 5.10 Å². The summed E-state index contributed by atoms with van der Waals surface area (Å²) in [5, 5.41) is 19.6. The molecule has 1 aromatic heterocycles. The van der Waals surface area contributed by atoms with Gasteiger partial charge in [-0.05, 0) is 40.8 Å². The number of anilines is 2. The Balaban J connectivity index is 1.94. The number of halogens is 5. The Kier molecular flexibility index (Phi) is 4.83. The number of nitriles is 1. The summed E-state index contributed by atoms with van der Waals surface area (Å²) in [7, 11) is 1.35. The summed E-state index contributed by atoms with van der Waals surface area (Å²) in [5.74, 6) is -2.31. The number of aromatic nitrogens is 4. The van der Waals surface area contributed by atoms with E-state index in [1.807, 2.05) is 0 Å². The normalized spacial score (nSPS) is 11.2. The quantitative estimate of drug-likeness (QED) is 0.629. The lowest BCUT2D eigenvalue weighted by Gasteiger charge is -2.19. The van der Waals surface area contributed by atoms with Gasteiger partial charge in [-0.25, -0.2) is 8.78 Å². The fourth-order valence-electron chi connectivity index (χ4n) is 2.33. The molecule has 3 aromatic rings. The van der Waals surface area contributed by atoms with Crippen LogP contribution < -0.4 is 9.64 Å². The summed E-state index contributed by atoms with van der Waals surface area (Å²) in [4.78, 5) is 1.12. The molecular formula is C16H9F5N6O. The number of benzene rings is 2. The topological polar surface area (TPSA) is 79.9 Å². The van der Waals surface area contributed by atoms with E-state index in [0.29, 0.717) is 0 Å². The van der Waals surface area contributed by atoms with Crippen LogP contribution in [0.1, 0.15) is 5.56 Å². The Morgan fingerprint density at radius 2 is 1.79 bits per heavy atom. The zero-order valence-corrected chi connectivity index (χ0v) is 13.9. The smallest absolute Gasteiger partial charge is 0.406 e. The van der Waals surface area contributed by atoms with Gasteiger partial charge in [0.1, 0.15) is 23.5 Å². The van der Waals surface area contributed by atoms with Crippen LogP contribution >= 0.6 is 0 Å². The third kappa shape index (κ3) is 3.83. The molecule has 12 heteroatoms. The van der Waals surface area contributed by atoms with Crippen LogP contribution in [-0.4, -0.2) is 33.6 Å². The molecule has 0 bridgehead atoms. The van der Waals surface area contributed by atoms with Gasteiger partial charge in [-0.2, -0.15) is 9.94 Å². The molecular weight excluding hydrogens is 387 g/mol. The van der Waals surface area contributed by atoms with Gasteiger partial charge in [0.2, 0.25) is 0 Å². The first kappa shape index (κ1) is 19.0. The van der Waals surface area contributed by atoms with Gasteiger partial charge in [0.15, 0.2) is 0 Å². The Hall–Kier alpha value is -3.75. The molecule has 0 saturated carbocycles. The highest BCUT2D eigenvalue weighted by atomic mass is 19.4. The SMILES string of the molecule is CN(c1cc(F)c(C#N)cc1F)c1nnnn1-c1ccc(OC(F)(F)F)cc1. The largest absolute Gasteiger partial charge is 0.573 e. The van der Waals surface area contributed by atoms with Crippen molar-refractivity contribution in [2.45, 2.75) is 6.36 Å². The van der Waals surface area contributed by atoms with Crippen molar-refractivity contribution in [1.29, 1.82) is 5.26 Å². The predicted octanol–water partition coefficient (Wildman–Crippen LogP) is 3.48. The van der Waals surface area contributed by atoms with Crippen LogP contribution in [0.2, 0.25) is 0 Å². The summed E-state index contributed by atoms with van der Waals surface area (Å²) in [6, 6.07) is 7.68. The van der Waals surface area contributed by atoms with Crippen LogP contribution in [-0.2, 0) is 0 Å². The minimum Gasteiger partial charge on any atom is -0.406 e. The molecule has 0 spiro atoms. The van der Waals surface area contributed by atoms with Gasteiger partial charge in [0, 0.05) is 13.1 Å². The van der Waals surface area contributed by atoms with Gasteiger partial charge < -0.3 is 9.64 Å². The maximum atomic E-state index is 14.2. The molecule has 0 aliphatic carbocycles. The molecule has 0 atom stereocenters. The number of hydrogen-bond acceptors (Lipinski definition) is 6. The minimum atomic E-state index is -4.83. The molecule has 0 unspecified atom stereocenters. The van der Waals surface area contributed by atoms with E-state index in [-0.39, 0.29) is 17.3 Å². The molecule has 0 aliphatic heterocycles. The number of ether oxygens (including phenoxy) is 1. The number of tetrazole rings is 1. The van der Waals surface area contributed by atoms with Crippen LogP contribution in [0.5, 0.6) is 5.75 Å². The van der Waals surface area contributed by atoms with E-state index in [4.69, 9.17) is 5.26 Å². The Morgan fingerprint density at radius 1 is 1.11 bits per heavy atom. The second-order valence-electron chi connectivity index (χ2n) is 5.39. The predicted molar refractivity (Wildman–Crippen MR) is 85.0 cm³/mol. The zero-order chi connectivity index (χ0) is 20.5. The van der Waals surface area contributed by atoms with Crippen LogP contribution in [0.3, 0.4) is 0 Å². The van der Waals surface area contributed by atoms with Gasteiger partial charge >= 0.3 is 6.36 Å². The number of hydrogen-bond donors (Lipinski definition) is 0. The van der Waals surface area contributed by atoms with Crippen LogP contribution in [0.4, 0.5) is 33.6 Å². The van der Waals surface area contributed by atoms with Crippen molar-refractivity contribution in [3.63, 3.8) is 0 Å². The van der Waals surface area contributed by atoms with Crippen molar-refractivity contribution in [3.05, 3.63) is 53.6 Å². The first-order chi connectivity index (χ1) is 13.2. The fourth-order valence-corrected chi connectivity index (χ4v) is 2.33. The third-order valence-electron chi connectivity index (χ3n) is 3.59. The molecule has 0 radical (unpaired) electrons. The molecule has 28 heavy (non-hydrogen) atoms. The van der Waals surface area contributed by atoms with E-state index >= 15 is 0 Å². The monoisotopic (exact) mass is 396 g/mol. The Bertz CT molecular complexity index is 1040. The first-order valence-corrected chi connectivity index (χ1v) is 7.47. The van der Waals surface area contributed by atoms with E-state index in [1.165, 1.54) is 25.2 Å². The van der Waals surface area contributed by atoms with E-state index in [1.54, 1.807) is 0 Å². The minimum absolute atomic E-state index is 0.0486. The second kappa shape index (κ2) is 7.10. The van der Waals surface area contributed by atoms with Crippen LogP contribution in [0, 0.1) is 23.0 Å². The van der Waals surface area contributed by atoms with Crippen molar-refractivity contribution in [2.75, 3.05) is 11.9 Å². The van der Waals surface area contributed by atoms with Gasteiger partial charge in [-0.15, -0.1) is 13.2 Å². The first-order valence-electron chi connectivity index (χ1n) is 7.47. The van der Waals surface area contributed by atoms with Gasteiger partial charge in [-0.3, -0.25) is 0 Å². The highest BCUT2D eigenvalue weighted by molar-refractivity contribution is 5.60. The van der Waals surface area contributed by atoms with Crippen molar-refractivity contribution in [3.8, 4) is 17.5 Å². The lowest BCUT2D eigenvalue weighted by atomic mass is 10.2. The van der Waals surface area contributed by atoms with E-state index in [9.17, 15) is 22.0 Å². The van der Waals surface area contributed by atoms with E-state index < -0.39 is 29.3 Å². The molecule has 0 aliphatic rings. The maximum absolute atomic E-state index is 14.2. The molecule has 2 aromatic carbocycles. The van der Waals surface area contributed by atoms with E-state index in [2.05, 4.69) is 20.3 Å². The summed E-state index contributed by atoms with van der Waals surface area (Å²) in [6.45, 7) is 0. The van der Waals surface area contributed by atoms with Gasteiger partial charge in [0.05, 0.1) is 16.9 Å². The standard InChI is InChI=1S/C16H9F5N6O/c1-26(14-7-12(17)9(8-22)6-13(14)18)15-23-24-25-27(15)10-2-4-11(5-3-10)28-16(19,20)21/h2-7H,1H3. The lowest BCUT2D eigenvalue weighted by molar-refractivity contribution is -0.274. The molecule has 7 nitrogen and oxygen atoms in total. The summed E-state index contributed by atoms with van der Waals surface area (Å²) in [5.41, 5.74) is -0.463. The number of rotatable bonds is 4. The average molecular weight is 396 g/mol. The summed E-state index contributed by atoms with van der Waals surface area (Å²) in [6.07, 6.45) is -4.83.